The fourth-order valence-electron chi connectivity index (χ4n) is 5.22. The molecule has 12 heteroatoms. The van der Waals surface area contributed by atoms with Crippen molar-refractivity contribution in [2.45, 2.75) is 25.4 Å². The third-order valence-corrected chi connectivity index (χ3v) is 7.73. The number of halogens is 2. The van der Waals surface area contributed by atoms with E-state index in [0.29, 0.717) is 23.4 Å². The summed E-state index contributed by atoms with van der Waals surface area (Å²) in [6.45, 7) is 1.85. The number of carbonyl (C=O) groups is 2. The van der Waals surface area contributed by atoms with Crippen molar-refractivity contribution in [3.8, 4) is 0 Å². The van der Waals surface area contributed by atoms with Gasteiger partial charge in [-0.25, -0.2) is 0 Å². The van der Waals surface area contributed by atoms with Gasteiger partial charge in [-0.1, -0.05) is 59.6 Å². The average Bonchev–Trinajstić information content (AvgIpc) is 2.97. The summed E-state index contributed by atoms with van der Waals surface area (Å²) >= 11 is 12.3. The minimum Gasteiger partial charge on any atom is -0.305 e. The quantitative estimate of drug-likeness (QED) is 0.164. The van der Waals surface area contributed by atoms with Gasteiger partial charge in [0.25, 0.3) is 23.2 Å². The van der Waals surface area contributed by atoms with E-state index < -0.39 is 33.7 Å². The molecule has 0 saturated heterocycles. The predicted molar refractivity (Wildman–Crippen MR) is 160 cm³/mol. The highest BCUT2D eigenvalue weighted by Crippen LogP contribution is 2.43. The van der Waals surface area contributed by atoms with Crippen molar-refractivity contribution in [3.63, 3.8) is 0 Å². The number of carbonyl (C=O) groups excluding carboxylic acids is 2. The highest BCUT2D eigenvalue weighted by atomic mass is 35.5. The first-order valence-corrected chi connectivity index (χ1v) is 13.5. The Hall–Kier alpha value is -4.80. The number of nitro benzene ring substituents is 2. The molecule has 4 aromatic carbocycles. The normalized spacial score (nSPS) is 15.9. The second-order valence-corrected chi connectivity index (χ2v) is 10.5. The van der Waals surface area contributed by atoms with Crippen molar-refractivity contribution in [2.75, 3.05) is 9.80 Å². The molecular formula is C30H22Cl2N4O6. The van der Waals surface area contributed by atoms with E-state index >= 15 is 0 Å². The van der Waals surface area contributed by atoms with Gasteiger partial charge in [0.15, 0.2) is 0 Å². The summed E-state index contributed by atoms with van der Waals surface area (Å²) in [6, 6.07) is 22.9. The number of benzene rings is 4. The van der Waals surface area contributed by atoms with Crippen LogP contribution >= 0.6 is 23.2 Å². The first-order chi connectivity index (χ1) is 20.1. The van der Waals surface area contributed by atoms with Crippen molar-refractivity contribution in [3.05, 3.63) is 138 Å². The van der Waals surface area contributed by atoms with Gasteiger partial charge in [-0.2, -0.15) is 0 Å². The molecule has 1 aliphatic rings. The first kappa shape index (κ1) is 28.7. The van der Waals surface area contributed by atoms with E-state index in [1.807, 2.05) is 25.1 Å². The maximum Gasteiger partial charge on any atom is 0.287 e. The molecule has 4 aromatic rings. The standard InChI is InChI=1S/C30H22Cl2N4O6/c1-18-15-28(34(21-7-3-2-4-8-21)30(38)20-12-14-27(36(41)42)24(32)17-20)22-9-5-6-10-25(22)33(18)29(37)19-11-13-26(35(39)40)23(31)16-19/h2-14,16-18,28H,15H2,1H3/t18-,28+/m1/s1. The van der Waals surface area contributed by atoms with E-state index in [4.69, 9.17) is 23.2 Å². The Morgan fingerprint density at radius 3 is 1.95 bits per heavy atom. The zero-order valence-electron chi connectivity index (χ0n) is 22.0. The van der Waals surface area contributed by atoms with Crippen molar-refractivity contribution >= 4 is 57.8 Å². The highest BCUT2D eigenvalue weighted by Gasteiger charge is 2.39. The maximum atomic E-state index is 14.1. The number of nitrogens with zero attached hydrogens (tertiary/aromatic N) is 4. The zero-order chi connectivity index (χ0) is 30.1. The molecule has 2 atom stereocenters. The zero-order valence-corrected chi connectivity index (χ0v) is 23.5. The average molecular weight is 605 g/mol. The summed E-state index contributed by atoms with van der Waals surface area (Å²) in [6.07, 6.45) is 0.338. The van der Waals surface area contributed by atoms with Crippen LogP contribution in [0.2, 0.25) is 10.0 Å². The molecule has 0 unspecified atom stereocenters. The number of fused-ring (bicyclic) bond motifs is 1. The Balaban J connectivity index is 1.58. The molecule has 0 bridgehead atoms. The van der Waals surface area contributed by atoms with Gasteiger partial charge in [0.05, 0.1) is 15.9 Å². The van der Waals surface area contributed by atoms with Crippen LogP contribution in [-0.4, -0.2) is 27.7 Å². The smallest absolute Gasteiger partial charge is 0.287 e. The van der Waals surface area contributed by atoms with Crippen molar-refractivity contribution in [1.29, 1.82) is 0 Å². The van der Waals surface area contributed by atoms with E-state index in [-0.39, 0.29) is 32.5 Å². The molecule has 212 valence electrons. The summed E-state index contributed by atoms with van der Waals surface area (Å²) in [5, 5.41) is 22.2. The summed E-state index contributed by atoms with van der Waals surface area (Å²) < 4.78 is 0. The number of nitro groups is 2. The Morgan fingerprint density at radius 1 is 0.810 bits per heavy atom. The van der Waals surface area contributed by atoms with Crippen LogP contribution in [0, 0.1) is 20.2 Å². The Kier molecular flexibility index (Phi) is 7.93. The maximum absolute atomic E-state index is 14.1. The molecule has 0 aromatic heterocycles. The number of hydrogen-bond donors (Lipinski definition) is 0. The first-order valence-electron chi connectivity index (χ1n) is 12.8. The lowest BCUT2D eigenvalue weighted by Gasteiger charge is -2.43. The highest BCUT2D eigenvalue weighted by molar-refractivity contribution is 6.33. The molecular weight excluding hydrogens is 583 g/mol. The molecule has 0 N–H and O–H groups in total. The number of amides is 2. The number of hydrogen-bond acceptors (Lipinski definition) is 6. The third-order valence-electron chi connectivity index (χ3n) is 7.13. The van der Waals surface area contributed by atoms with Crippen LogP contribution in [0.25, 0.3) is 0 Å². The second-order valence-electron chi connectivity index (χ2n) is 9.69. The lowest BCUT2D eigenvalue weighted by Crippen LogP contribution is -2.47. The molecule has 1 aliphatic heterocycles. The van der Waals surface area contributed by atoms with E-state index in [1.165, 1.54) is 36.4 Å². The van der Waals surface area contributed by atoms with Gasteiger partial charge in [-0.15, -0.1) is 0 Å². The van der Waals surface area contributed by atoms with Gasteiger partial charge < -0.3 is 9.80 Å². The molecule has 42 heavy (non-hydrogen) atoms. The number of anilines is 2. The fraction of sp³-hybridized carbons (Fsp3) is 0.133. The van der Waals surface area contributed by atoms with Crippen molar-refractivity contribution in [1.82, 2.24) is 0 Å². The Bertz CT molecular complexity index is 1730. The fourth-order valence-corrected chi connectivity index (χ4v) is 5.72. The van der Waals surface area contributed by atoms with Crippen LogP contribution in [-0.2, 0) is 0 Å². The molecule has 5 rings (SSSR count). The van der Waals surface area contributed by atoms with Crippen LogP contribution in [0.4, 0.5) is 22.7 Å². The van der Waals surface area contributed by atoms with Crippen LogP contribution < -0.4 is 9.80 Å². The van der Waals surface area contributed by atoms with Crippen LogP contribution in [0.5, 0.6) is 0 Å². The summed E-state index contributed by atoms with van der Waals surface area (Å²) in [5.41, 5.74) is 1.59. The number of rotatable bonds is 6. The van der Waals surface area contributed by atoms with Crippen LogP contribution in [0.15, 0.2) is 91.0 Å². The topological polar surface area (TPSA) is 127 Å². The lowest BCUT2D eigenvalue weighted by atomic mass is 9.89. The van der Waals surface area contributed by atoms with Gasteiger partial charge in [0, 0.05) is 40.7 Å². The molecule has 1 heterocycles. The number of para-hydroxylation sites is 2. The molecule has 10 nitrogen and oxygen atoms in total. The molecule has 2 amide bonds. The molecule has 0 radical (unpaired) electrons. The second kappa shape index (κ2) is 11.6. The van der Waals surface area contributed by atoms with Gasteiger partial charge in [0.2, 0.25) is 0 Å². The van der Waals surface area contributed by atoms with Crippen LogP contribution in [0.1, 0.15) is 45.7 Å². The summed E-state index contributed by atoms with van der Waals surface area (Å²) in [5.74, 6) is -0.822. The van der Waals surface area contributed by atoms with Crippen LogP contribution in [0.3, 0.4) is 0 Å². The third kappa shape index (κ3) is 5.29. The monoisotopic (exact) mass is 604 g/mol. The van der Waals surface area contributed by atoms with E-state index in [2.05, 4.69) is 0 Å². The van der Waals surface area contributed by atoms with Gasteiger partial charge in [-0.05, 0) is 61.4 Å². The van der Waals surface area contributed by atoms with E-state index in [1.54, 1.807) is 46.2 Å². The molecule has 0 saturated carbocycles. The SMILES string of the molecule is C[C@@H]1C[C@H](N(C(=O)c2ccc([N+](=O)[O-])c(Cl)c2)c2ccccc2)c2ccccc2N1C(=O)c1ccc([N+](=O)[O-])c(Cl)c1. The van der Waals surface area contributed by atoms with Gasteiger partial charge in [-0.3, -0.25) is 29.8 Å². The van der Waals surface area contributed by atoms with E-state index in [0.717, 1.165) is 0 Å². The summed E-state index contributed by atoms with van der Waals surface area (Å²) in [4.78, 5) is 52.4. The van der Waals surface area contributed by atoms with Gasteiger partial charge in [0.1, 0.15) is 10.0 Å². The van der Waals surface area contributed by atoms with Gasteiger partial charge >= 0.3 is 0 Å². The molecule has 0 aliphatic carbocycles. The molecule has 0 spiro atoms. The molecule has 0 fully saturated rings. The largest absolute Gasteiger partial charge is 0.305 e. The minimum absolute atomic E-state index is 0.149. The Labute approximate surface area is 250 Å². The van der Waals surface area contributed by atoms with Crippen molar-refractivity contribution in [2.24, 2.45) is 0 Å². The minimum atomic E-state index is -0.618. The Morgan fingerprint density at radius 2 is 1.36 bits per heavy atom. The van der Waals surface area contributed by atoms with Crippen molar-refractivity contribution < 1.29 is 19.4 Å². The summed E-state index contributed by atoms with van der Waals surface area (Å²) in [7, 11) is 0. The lowest BCUT2D eigenvalue weighted by molar-refractivity contribution is -0.384. The predicted octanol–water partition coefficient (Wildman–Crippen LogP) is 7.64. The van der Waals surface area contributed by atoms with E-state index in [9.17, 15) is 29.8 Å².